The van der Waals surface area contributed by atoms with E-state index in [-0.39, 0.29) is 11.0 Å². The number of thioether (sulfide) groups is 1. The fourth-order valence-corrected chi connectivity index (χ4v) is 1.70. The van der Waals surface area contributed by atoms with Crippen molar-refractivity contribution in [3.8, 4) is 0 Å². The summed E-state index contributed by atoms with van der Waals surface area (Å²) < 4.78 is 0. The van der Waals surface area contributed by atoms with Crippen LogP contribution in [0.15, 0.2) is 30.3 Å². The van der Waals surface area contributed by atoms with Crippen LogP contribution in [0.3, 0.4) is 0 Å². The summed E-state index contributed by atoms with van der Waals surface area (Å²) in [5.41, 5.74) is 0.666. The lowest BCUT2D eigenvalue weighted by Gasteiger charge is -2.12. The molecule has 0 unspecified atom stereocenters. The second-order valence-electron chi connectivity index (χ2n) is 3.14. The summed E-state index contributed by atoms with van der Waals surface area (Å²) in [4.78, 5) is 24.0. The summed E-state index contributed by atoms with van der Waals surface area (Å²) in [6, 6.07) is 9.04. The van der Waals surface area contributed by atoms with Gasteiger partial charge in [0.1, 0.15) is 0 Å². The summed E-state index contributed by atoms with van der Waals surface area (Å²) >= 11 is 1.13. The highest BCUT2D eigenvalue weighted by Crippen LogP contribution is 2.12. The van der Waals surface area contributed by atoms with E-state index in [1.807, 2.05) is 18.2 Å². The van der Waals surface area contributed by atoms with E-state index < -0.39 is 0 Å². The lowest BCUT2D eigenvalue weighted by Crippen LogP contribution is -2.23. The van der Waals surface area contributed by atoms with Crippen LogP contribution in [0, 0.1) is 0 Å². The number of hydrogen-bond acceptors (Lipinski definition) is 3. The minimum absolute atomic E-state index is 0.0105. The van der Waals surface area contributed by atoms with Gasteiger partial charge in [0, 0.05) is 19.5 Å². The highest BCUT2D eigenvalue weighted by Gasteiger charge is 2.08. The van der Waals surface area contributed by atoms with E-state index in [1.54, 1.807) is 19.2 Å². The van der Waals surface area contributed by atoms with E-state index >= 15 is 0 Å². The molecule has 0 radical (unpaired) electrons. The third-order valence-electron chi connectivity index (χ3n) is 1.94. The normalized spacial score (nSPS) is 9.73. The zero-order valence-electron chi connectivity index (χ0n) is 8.77. The first-order valence-electron chi connectivity index (χ1n) is 4.55. The molecule has 15 heavy (non-hydrogen) atoms. The zero-order chi connectivity index (χ0) is 11.3. The van der Waals surface area contributed by atoms with Gasteiger partial charge in [-0.2, -0.15) is 0 Å². The van der Waals surface area contributed by atoms with Gasteiger partial charge in [0.05, 0.1) is 5.88 Å². The van der Waals surface area contributed by atoms with E-state index in [9.17, 15) is 9.59 Å². The van der Waals surface area contributed by atoms with Gasteiger partial charge in [-0.05, 0) is 0 Å². The third kappa shape index (κ3) is 3.75. The summed E-state index contributed by atoms with van der Waals surface area (Å²) in [5.74, 6) is 0.353. The molecule has 0 saturated carbocycles. The average Bonchev–Trinajstić information content (AvgIpc) is 2.26. The Morgan fingerprint density at radius 1 is 1.27 bits per heavy atom. The van der Waals surface area contributed by atoms with Crippen molar-refractivity contribution >= 4 is 22.8 Å². The van der Waals surface area contributed by atoms with Crippen molar-refractivity contribution in [1.82, 2.24) is 4.90 Å². The standard InChI is InChI=1S/C11H13NO2S/c1-9(13)12(2)8-15-11(14)10-6-4-3-5-7-10/h3-7H,8H2,1-2H3. The van der Waals surface area contributed by atoms with Crippen LogP contribution in [0.5, 0.6) is 0 Å². The van der Waals surface area contributed by atoms with Crippen molar-refractivity contribution < 1.29 is 9.59 Å². The summed E-state index contributed by atoms with van der Waals surface area (Å²) in [6.07, 6.45) is 0. The second-order valence-corrected chi connectivity index (χ2v) is 4.06. The first kappa shape index (κ1) is 11.8. The number of benzene rings is 1. The molecule has 1 aromatic carbocycles. The predicted octanol–water partition coefficient (Wildman–Crippen LogP) is 2.00. The Morgan fingerprint density at radius 3 is 2.40 bits per heavy atom. The van der Waals surface area contributed by atoms with Crippen LogP contribution < -0.4 is 0 Å². The zero-order valence-corrected chi connectivity index (χ0v) is 9.58. The summed E-state index contributed by atoms with van der Waals surface area (Å²) in [6.45, 7) is 1.48. The van der Waals surface area contributed by atoms with Gasteiger partial charge in [-0.25, -0.2) is 0 Å². The fourth-order valence-electron chi connectivity index (χ4n) is 0.904. The van der Waals surface area contributed by atoms with E-state index in [2.05, 4.69) is 0 Å². The molecule has 80 valence electrons. The van der Waals surface area contributed by atoms with Crippen LogP contribution in [0.4, 0.5) is 0 Å². The van der Waals surface area contributed by atoms with E-state index in [4.69, 9.17) is 0 Å². The number of hydrogen-bond donors (Lipinski definition) is 0. The molecule has 0 atom stereocenters. The molecule has 1 rings (SSSR count). The average molecular weight is 223 g/mol. The number of carbonyl (C=O) groups is 2. The Bertz CT molecular complexity index is 351. The lowest BCUT2D eigenvalue weighted by molar-refractivity contribution is -0.126. The van der Waals surface area contributed by atoms with Gasteiger partial charge in [-0.15, -0.1) is 0 Å². The molecule has 0 heterocycles. The van der Waals surface area contributed by atoms with Crippen molar-refractivity contribution in [3.05, 3.63) is 35.9 Å². The molecule has 0 aliphatic heterocycles. The molecule has 0 fully saturated rings. The van der Waals surface area contributed by atoms with Crippen LogP contribution in [0.1, 0.15) is 17.3 Å². The van der Waals surface area contributed by atoms with Crippen molar-refractivity contribution in [2.45, 2.75) is 6.92 Å². The molecule has 4 heteroatoms. The van der Waals surface area contributed by atoms with Gasteiger partial charge in [-0.1, -0.05) is 42.1 Å². The number of amides is 1. The Kier molecular flexibility index (Phi) is 4.37. The summed E-state index contributed by atoms with van der Waals surface area (Å²) in [5, 5.41) is -0.0105. The Balaban J connectivity index is 2.47. The van der Waals surface area contributed by atoms with Gasteiger partial charge in [0.15, 0.2) is 0 Å². The SMILES string of the molecule is CC(=O)N(C)CSC(=O)c1ccccc1. The van der Waals surface area contributed by atoms with Gasteiger partial charge < -0.3 is 4.90 Å². The molecule has 0 aliphatic carbocycles. The Hall–Kier alpha value is -1.29. The van der Waals surface area contributed by atoms with E-state index in [0.29, 0.717) is 11.4 Å². The smallest absolute Gasteiger partial charge is 0.221 e. The van der Waals surface area contributed by atoms with E-state index in [0.717, 1.165) is 11.8 Å². The lowest BCUT2D eigenvalue weighted by atomic mass is 10.2. The highest BCUT2D eigenvalue weighted by molar-refractivity contribution is 8.14. The molecular formula is C11H13NO2S. The molecule has 0 N–H and O–H groups in total. The first-order chi connectivity index (χ1) is 7.11. The maximum Gasteiger partial charge on any atom is 0.221 e. The molecule has 1 aromatic rings. The minimum Gasteiger partial charge on any atom is -0.336 e. The van der Waals surface area contributed by atoms with E-state index in [1.165, 1.54) is 11.8 Å². The maximum atomic E-state index is 11.6. The van der Waals surface area contributed by atoms with Crippen molar-refractivity contribution in [2.75, 3.05) is 12.9 Å². The Morgan fingerprint density at radius 2 is 1.87 bits per heavy atom. The van der Waals surface area contributed by atoms with Gasteiger partial charge in [0.25, 0.3) is 0 Å². The van der Waals surface area contributed by atoms with Crippen molar-refractivity contribution in [1.29, 1.82) is 0 Å². The fraction of sp³-hybridized carbons (Fsp3) is 0.273. The van der Waals surface area contributed by atoms with Crippen LogP contribution >= 0.6 is 11.8 Å². The Labute approximate surface area is 93.5 Å². The molecule has 0 saturated heterocycles. The van der Waals surface area contributed by atoms with Crippen LogP contribution in [-0.4, -0.2) is 28.8 Å². The predicted molar refractivity (Wildman–Crippen MR) is 61.7 cm³/mol. The minimum atomic E-state index is -0.0386. The highest BCUT2D eigenvalue weighted by atomic mass is 32.2. The largest absolute Gasteiger partial charge is 0.336 e. The van der Waals surface area contributed by atoms with Gasteiger partial charge in [0.2, 0.25) is 11.0 Å². The molecule has 1 amide bonds. The molecular weight excluding hydrogens is 210 g/mol. The number of nitrogens with zero attached hydrogens (tertiary/aromatic N) is 1. The molecule has 0 bridgehead atoms. The number of rotatable bonds is 3. The van der Waals surface area contributed by atoms with Crippen molar-refractivity contribution in [2.24, 2.45) is 0 Å². The van der Waals surface area contributed by atoms with Gasteiger partial charge >= 0.3 is 0 Å². The maximum absolute atomic E-state index is 11.6. The topological polar surface area (TPSA) is 37.4 Å². The van der Waals surface area contributed by atoms with Crippen molar-refractivity contribution in [3.63, 3.8) is 0 Å². The molecule has 0 spiro atoms. The summed E-state index contributed by atoms with van der Waals surface area (Å²) in [7, 11) is 1.67. The van der Waals surface area contributed by atoms with Crippen LogP contribution in [-0.2, 0) is 4.79 Å². The molecule has 3 nitrogen and oxygen atoms in total. The number of carbonyl (C=O) groups excluding carboxylic acids is 2. The first-order valence-corrected chi connectivity index (χ1v) is 5.53. The molecule has 0 aliphatic rings. The van der Waals surface area contributed by atoms with Gasteiger partial charge in [-0.3, -0.25) is 9.59 Å². The van der Waals surface area contributed by atoms with Crippen LogP contribution in [0.2, 0.25) is 0 Å². The van der Waals surface area contributed by atoms with Crippen LogP contribution in [0.25, 0.3) is 0 Å². The second kappa shape index (κ2) is 5.56. The monoisotopic (exact) mass is 223 g/mol. The quantitative estimate of drug-likeness (QED) is 0.735. The molecule has 0 aromatic heterocycles. The third-order valence-corrected chi connectivity index (χ3v) is 2.95.